The van der Waals surface area contributed by atoms with E-state index in [1.54, 1.807) is 29.2 Å². The minimum atomic E-state index is -0.505. The Morgan fingerprint density at radius 3 is 2.53 bits per heavy atom. The van der Waals surface area contributed by atoms with Crippen LogP contribution in [0, 0.1) is 10.1 Å². The van der Waals surface area contributed by atoms with Crippen molar-refractivity contribution in [3.8, 4) is 0 Å². The average Bonchev–Trinajstić information content (AvgIpc) is 3.30. The molecule has 10 nitrogen and oxygen atoms in total. The number of para-hydroxylation sites is 1. The van der Waals surface area contributed by atoms with Crippen molar-refractivity contribution < 1.29 is 9.72 Å². The Kier molecular flexibility index (Phi) is 6.46. The number of fused-ring (bicyclic) bond motifs is 1. The van der Waals surface area contributed by atoms with E-state index >= 15 is 0 Å². The molecule has 0 aliphatic carbocycles. The highest BCUT2D eigenvalue weighted by Crippen LogP contribution is 2.36. The molecule has 0 saturated heterocycles. The van der Waals surface area contributed by atoms with Crippen LogP contribution in [0.15, 0.2) is 95.6 Å². The Morgan fingerprint density at radius 2 is 1.83 bits per heavy atom. The van der Waals surface area contributed by atoms with E-state index in [1.165, 1.54) is 23.9 Å². The molecule has 36 heavy (non-hydrogen) atoms. The Morgan fingerprint density at radius 1 is 1.11 bits per heavy atom. The van der Waals surface area contributed by atoms with E-state index in [0.717, 1.165) is 11.1 Å². The topological polar surface area (TPSA) is 128 Å². The predicted octanol–water partition coefficient (Wildman–Crippen LogP) is 4.80. The maximum atomic E-state index is 13.4. The first kappa shape index (κ1) is 23.2. The molecule has 1 aliphatic rings. The van der Waals surface area contributed by atoms with E-state index in [0.29, 0.717) is 33.8 Å². The highest BCUT2D eigenvalue weighted by molar-refractivity contribution is 7.98. The zero-order chi connectivity index (χ0) is 25.1. The highest BCUT2D eigenvalue weighted by atomic mass is 32.2. The lowest BCUT2D eigenvalue weighted by atomic mass is 9.96. The molecular formula is C25H21N7O3S. The molecule has 0 spiro atoms. The lowest BCUT2D eigenvalue weighted by Gasteiger charge is -2.28. The molecule has 180 valence electrons. The molecule has 4 aromatic rings. The number of carbonyl (C=O) groups is 1. The van der Waals surface area contributed by atoms with Gasteiger partial charge in [-0.2, -0.15) is 4.98 Å². The maximum absolute atomic E-state index is 13.4. The van der Waals surface area contributed by atoms with Gasteiger partial charge in [0, 0.05) is 41.7 Å². The zero-order valence-electron chi connectivity index (χ0n) is 19.2. The summed E-state index contributed by atoms with van der Waals surface area (Å²) in [4.78, 5) is 32.6. The number of anilines is 2. The first-order valence-corrected chi connectivity index (χ1v) is 12.0. The van der Waals surface area contributed by atoms with E-state index in [4.69, 9.17) is 5.10 Å². The highest BCUT2D eigenvalue weighted by Gasteiger charge is 2.34. The number of thioether (sulfide) groups is 1. The number of carbonyl (C=O) groups excluding carboxylic acids is 1. The third-order valence-electron chi connectivity index (χ3n) is 5.65. The van der Waals surface area contributed by atoms with Crippen LogP contribution in [0.4, 0.5) is 17.3 Å². The van der Waals surface area contributed by atoms with Crippen molar-refractivity contribution in [3.63, 3.8) is 0 Å². The second-order valence-electron chi connectivity index (χ2n) is 8.04. The van der Waals surface area contributed by atoms with Crippen molar-refractivity contribution in [2.24, 2.45) is 0 Å². The number of hydrogen-bond donors (Lipinski definition) is 2. The molecule has 11 heteroatoms. The fourth-order valence-corrected chi connectivity index (χ4v) is 4.71. The van der Waals surface area contributed by atoms with Gasteiger partial charge in [-0.1, -0.05) is 42.1 Å². The number of nitro groups is 1. The van der Waals surface area contributed by atoms with Gasteiger partial charge in [0.2, 0.25) is 11.1 Å². The number of nitro benzene ring substituents is 1. The molecule has 1 amide bonds. The van der Waals surface area contributed by atoms with Crippen LogP contribution in [0.3, 0.4) is 0 Å². The Balaban J connectivity index is 1.43. The minimum absolute atomic E-state index is 0.0478. The molecule has 2 N–H and O–H groups in total. The van der Waals surface area contributed by atoms with Gasteiger partial charge in [-0.05, 0) is 42.3 Å². The van der Waals surface area contributed by atoms with E-state index in [9.17, 15) is 14.9 Å². The van der Waals surface area contributed by atoms with Crippen molar-refractivity contribution in [1.29, 1.82) is 0 Å². The number of allylic oxidation sites excluding steroid dienone is 1. The van der Waals surface area contributed by atoms with Gasteiger partial charge in [0.05, 0.1) is 10.5 Å². The molecule has 0 saturated carbocycles. The largest absolute Gasteiger partial charge is 0.328 e. The molecule has 2 aromatic carbocycles. The fraction of sp³-hybridized carbons (Fsp3) is 0.120. The van der Waals surface area contributed by atoms with Crippen LogP contribution in [-0.2, 0) is 10.5 Å². The summed E-state index contributed by atoms with van der Waals surface area (Å²) in [6.07, 6.45) is 3.36. The summed E-state index contributed by atoms with van der Waals surface area (Å²) in [7, 11) is 0. The first-order valence-electron chi connectivity index (χ1n) is 11.1. The van der Waals surface area contributed by atoms with E-state index in [-0.39, 0.29) is 11.6 Å². The predicted molar refractivity (Wildman–Crippen MR) is 136 cm³/mol. The lowest BCUT2D eigenvalue weighted by Crippen LogP contribution is -2.31. The summed E-state index contributed by atoms with van der Waals surface area (Å²) in [5.41, 5.74) is 3.70. The molecular weight excluding hydrogens is 478 g/mol. The third kappa shape index (κ3) is 4.82. The second-order valence-corrected chi connectivity index (χ2v) is 8.98. The molecule has 0 bridgehead atoms. The summed E-state index contributed by atoms with van der Waals surface area (Å²) >= 11 is 1.41. The normalized spacial score (nSPS) is 14.6. The van der Waals surface area contributed by atoms with Gasteiger partial charge in [0.25, 0.3) is 11.6 Å². The van der Waals surface area contributed by atoms with Crippen molar-refractivity contribution in [2.75, 3.05) is 10.6 Å². The fourth-order valence-electron chi connectivity index (χ4n) is 3.92. The number of pyridine rings is 1. The number of amides is 1. The smallest absolute Gasteiger partial charge is 0.269 e. The average molecular weight is 500 g/mol. The number of nitrogens with one attached hydrogen (secondary N) is 2. The monoisotopic (exact) mass is 499 g/mol. The summed E-state index contributed by atoms with van der Waals surface area (Å²) < 4.78 is 1.71. The molecule has 1 aliphatic heterocycles. The molecule has 1 unspecified atom stereocenters. The van der Waals surface area contributed by atoms with E-state index in [2.05, 4.69) is 20.6 Å². The SMILES string of the molecule is CC1=C(C(=O)Nc2ccccc2)C(c2ccncc2)n2nc(SCc3ccc([N+](=O)[O-])cc3)nc2N1. The molecule has 0 fully saturated rings. The van der Waals surface area contributed by atoms with Crippen LogP contribution in [0.1, 0.15) is 24.1 Å². The van der Waals surface area contributed by atoms with Crippen LogP contribution in [-0.4, -0.2) is 30.6 Å². The molecule has 1 atom stereocenters. The van der Waals surface area contributed by atoms with Crippen LogP contribution in [0.5, 0.6) is 0 Å². The Hall–Kier alpha value is -4.51. The number of hydrogen-bond acceptors (Lipinski definition) is 8. The first-order chi connectivity index (χ1) is 17.5. The summed E-state index contributed by atoms with van der Waals surface area (Å²) in [6.45, 7) is 1.84. The quantitative estimate of drug-likeness (QED) is 0.211. The van der Waals surface area contributed by atoms with Crippen LogP contribution in [0.2, 0.25) is 0 Å². The standard InChI is InChI=1S/C25H21N7O3S/c1-16-21(23(33)28-19-5-3-2-4-6-19)22(18-11-13-26-14-12-18)31-24(27-16)29-25(30-31)36-15-17-7-9-20(10-8-17)32(34)35/h2-14,22H,15H2,1H3,(H,28,33)(H,27,29,30). The number of benzene rings is 2. The van der Waals surface area contributed by atoms with Crippen LogP contribution in [0.25, 0.3) is 0 Å². The molecule has 2 aromatic heterocycles. The summed E-state index contributed by atoms with van der Waals surface area (Å²) in [5, 5.41) is 22.3. The van der Waals surface area contributed by atoms with E-state index < -0.39 is 11.0 Å². The lowest BCUT2D eigenvalue weighted by molar-refractivity contribution is -0.384. The van der Waals surface area contributed by atoms with Crippen molar-refractivity contribution in [3.05, 3.63) is 112 Å². The number of non-ortho nitro benzene ring substituents is 1. The molecule has 5 rings (SSSR count). The zero-order valence-corrected chi connectivity index (χ0v) is 20.0. The van der Waals surface area contributed by atoms with Gasteiger partial charge < -0.3 is 10.6 Å². The van der Waals surface area contributed by atoms with Crippen LogP contribution < -0.4 is 10.6 Å². The summed E-state index contributed by atoms with van der Waals surface area (Å²) in [6, 6.07) is 18.9. The Bertz CT molecular complexity index is 1440. The third-order valence-corrected chi connectivity index (χ3v) is 6.56. The van der Waals surface area contributed by atoms with Crippen molar-refractivity contribution >= 4 is 35.0 Å². The van der Waals surface area contributed by atoms with Gasteiger partial charge >= 0.3 is 0 Å². The Labute approximate surface area is 210 Å². The number of aromatic nitrogens is 4. The summed E-state index contributed by atoms with van der Waals surface area (Å²) in [5.74, 6) is 0.820. The minimum Gasteiger partial charge on any atom is -0.328 e. The number of rotatable bonds is 7. The number of nitrogens with zero attached hydrogens (tertiary/aromatic N) is 5. The second kappa shape index (κ2) is 10.0. The molecule has 0 radical (unpaired) electrons. The van der Waals surface area contributed by atoms with Crippen molar-refractivity contribution in [2.45, 2.75) is 23.9 Å². The van der Waals surface area contributed by atoms with Gasteiger partial charge in [0.1, 0.15) is 6.04 Å². The van der Waals surface area contributed by atoms with E-state index in [1.807, 2.05) is 49.4 Å². The van der Waals surface area contributed by atoms with Gasteiger partial charge in [0.15, 0.2) is 0 Å². The maximum Gasteiger partial charge on any atom is 0.269 e. The van der Waals surface area contributed by atoms with Gasteiger partial charge in [-0.3, -0.25) is 19.9 Å². The van der Waals surface area contributed by atoms with Gasteiger partial charge in [-0.15, -0.1) is 5.10 Å². The van der Waals surface area contributed by atoms with Crippen molar-refractivity contribution in [1.82, 2.24) is 19.7 Å². The molecule has 3 heterocycles. The van der Waals surface area contributed by atoms with Crippen LogP contribution >= 0.6 is 11.8 Å². The van der Waals surface area contributed by atoms with Gasteiger partial charge in [-0.25, -0.2) is 4.68 Å².